The molecule has 0 radical (unpaired) electrons. The predicted octanol–water partition coefficient (Wildman–Crippen LogP) is -11.7. The molecule has 8 heteroatoms. The summed E-state index contributed by atoms with van der Waals surface area (Å²) in [5.74, 6) is 0. The van der Waals surface area contributed by atoms with Crippen molar-refractivity contribution in [2.45, 2.75) is 26.4 Å². The van der Waals surface area contributed by atoms with Gasteiger partial charge in [0, 0.05) is 5.60 Å². The van der Waals surface area contributed by atoms with Gasteiger partial charge in [0.2, 0.25) is 0 Å². The Balaban J connectivity index is -0.000000107. The van der Waals surface area contributed by atoms with E-state index in [0.717, 1.165) is 0 Å². The van der Waals surface area contributed by atoms with Gasteiger partial charge in [0.15, 0.2) is 0 Å². The van der Waals surface area contributed by atoms with E-state index in [2.05, 4.69) is 4.43 Å². The van der Waals surface area contributed by atoms with Gasteiger partial charge < -0.3 is 18.8 Å². The summed E-state index contributed by atoms with van der Waals surface area (Å²) in [4.78, 5) is 29.8. The molecule has 0 aromatic carbocycles. The number of rotatable bonds is 1. The molecule has 0 aliphatic carbocycles. The molecule has 0 atom stereocenters. The Morgan fingerprint density at radius 1 is 0.917 bits per heavy atom. The Bertz CT molecular complexity index is 87.5. The molecule has 0 saturated heterocycles. The van der Waals surface area contributed by atoms with Gasteiger partial charge in [-0.25, -0.2) is 0 Å². The third-order valence-electron chi connectivity index (χ3n) is 0.431. The fourth-order valence-electron chi connectivity index (χ4n) is 0.375. The summed E-state index contributed by atoms with van der Waals surface area (Å²) in [6.07, 6.45) is 0. The molecule has 0 amide bonds. The van der Waals surface area contributed by atoms with E-state index in [1.807, 2.05) is 0 Å². The third kappa shape index (κ3) is 23.1. The molecule has 0 aliphatic heterocycles. The molecule has 0 N–H and O–H groups in total. The van der Waals surface area contributed by atoms with E-state index in [1.54, 1.807) is 0 Å². The molecule has 0 saturated carbocycles. The summed E-state index contributed by atoms with van der Waals surface area (Å²) in [6.45, 7) is 4.51. The molecule has 0 aromatic heterocycles. The first kappa shape index (κ1) is 24.3. The van der Waals surface area contributed by atoms with Crippen LogP contribution in [-0.2, 0) is 4.43 Å². The summed E-state index contributed by atoms with van der Waals surface area (Å²) in [7, 11) is -5.04. The first-order valence-corrected chi connectivity index (χ1v) is 4.15. The maximum Gasteiger partial charge on any atom is 1.00 e. The van der Waals surface area contributed by atoms with E-state index < -0.39 is 14.6 Å². The van der Waals surface area contributed by atoms with Gasteiger partial charge >= 0.3 is 88.7 Å². The summed E-state index contributed by atoms with van der Waals surface area (Å²) in [6, 6.07) is 0. The minimum atomic E-state index is -5.04. The number of hydrogen-bond donors (Lipinski definition) is 0. The second-order valence-electron chi connectivity index (χ2n) is 2.71. The zero-order chi connectivity index (χ0) is 7.71. The van der Waals surface area contributed by atoms with Crippen LogP contribution in [0.2, 0.25) is 0 Å². The summed E-state index contributed by atoms with van der Waals surface area (Å²) in [5.41, 5.74) is -0.891. The molecule has 4 nitrogen and oxygen atoms in total. The average Bonchev–Trinajstić information content (AvgIpc) is 1.14. The third-order valence-corrected chi connectivity index (χ3v) is 1.29. The van der Waals surface area contributed by atoms with E-state index in [-0.39, 0.29) is 88.7 Å². The smallest absolute Gasteiger partial charge is 0.861 e. The van der Waals surface area contributed by atoms with Gasteiger partial charge in [-0.2, -0.15) is 0 Å². The second kappa shape index (κ2) is 9.29. The zero-order valence-corrected chi connectivity index (χ0v) is 15.6. The van der Waals surface area contributed by atoms with Gasteiger partial charge in [-0.1, -0.05) is 0 Å². The summed E-state index contributed by atoms with van der Waals surface area (Å²) >= 11 is 0. The van der Waals surface area contributed by atoms with Crippen molar-refractivity contribution in [1.29, 1.82) is 0 Å². The van der Waals surface area contributed by atoms with Crippen LogP contribution in [0.15, 0.2) is 0 Å². The van der Waals surface area contributed by atoms with Crippen molar-refractivity contribution in [1.82, 2.24) is 0 Å². The molecule has 0 aliphatic rings. The van der Waals surface area contributed by atoms with Gasteiger partial charge in [-0.15, -0.1) is 9.05 Å². The molecule has 0 heterocycles. The Morgan fingerprint density at radius 3 is 1.17 bits per heavy atom. The van der Waals surface area contributed by atoms with Crippen LogP contribution in [-0.4, -0.2) is 14.6 Å². The van der Waals surface area contributed by atoms with E-state index in [1.165, 1.54) is 20.8 Å². The quantitative estimate of drug-likeness (QED) is 0.409. The van der Waals surface area contributed by atoms with Crippen molar-refractivity contribution in [2.24, 2.45) is 0 Å². The van der Waals surface area contributed by atoms with Gasteiger partial charge in [-0.05, 0) is 20.8 Å². The SMILES string of the molecule is CC(C)(C)O[Si]([O-])([O-])[O-].[Na+].[Na+].[Na+]. The largest absolute Gasteiger partial charge is 1.00 e. The van der Waals surface area contributed by atoms with E-state index >= 15 is 0 Å². The fourth-order valence-corrected chi connectivity index (χ4v) is 1.13. The molecule has 0 fully saturated rings. The van der Waals surface area contributed by atoms with Gasteiger partial charge in [-0.3, -0.25) is 0 Å². The zero-order valence-electron chi connectivity index (χ0n) is 8.63. The minimum Gasteiger partial charge on any atom is -0.861 e. The van der Waals surface area contributed by atoms with Crippen LogP contribution in [0.4, 0.5) is 0 Å². The molecular weight excluding hydrogens is 209 g/mol. The topological polar surface area (TPSA) is 78.4 Å². The molecular formula is C4H9Na3O4Si. The van der Waals surface area contributed by atoms with Crippen LogP contribution >= 0.6 is 0 Å². The number of hydrogen-bond acceptors (Lipinski definition) is 4. The normalized spacial score (nSPS) is 10.5. The van der Waals surface area contributed by atoms with Crippen LogP contribution in [0.25, 0.3) is 0 Å². The minimum absolute atomic E-state index is 0. The van der Waals surface area contributed by atoms with Crippen LogP contribution in [0.5, 0.6) is 0 Å². The van der Waals surface area contributed by atoms with Gasteiger partial charge in [0.25, 0.3) is 0 Å². The molecule has 0 aromatic rings. The average molecular weight is 218 g/mol. The van der Waals surface area contributed by atoms with Gasteiger partial charge in [0.1, 0.15) is 0 Å². The van der Waals surface area contributed by atoms with Crippen molar-refractivity contribution in [2.75, 3.05) is 0 Å². The van der Waals surface area contributed by atoms with Gasteiger partial charge in [0.05, 0.1) is 0 Å². The van der Waals surface area contributed by atoms with Crippen molar-refractivity contribution in [3.05, 3.63) is 0 Å². The second-order valence-corrected chi connectivity index (χ2v) is 3.92. The van der Waals surface area contributed by atoms with E-state index in [4.69, 9.17) is 0 Å². The van der Waals surface area contributed by atoms with Crippen molar-refractivity contribution in [3.8, 4) is 0 Å². The molecule has 12 heavy (non-hydrogen) atoms. The Labute approximate surface area is 140 Å². The van der Waals surface area contributed by atoms with Crippen molar-refractivity contribution in [3.63, 3.8) is 0 Å². The first-order valence-electron chi connectivity index (χ1n) is 2.52. The van der Waals surface area contributed by atoms with Crippen LogP contribution in [0.1, 0.15) is 20.8 Å². The molecule has 56 valence electrons. The van der Waals surface area contributed by atoms with Crippen LogP contribution in [0, 0.1) is 0 Å². The van der Waals surface area contributed by atoms with E-state index in [0.29, 0.717) is 0 Å². The standard InChI is InChI=1S/C4H9O4Si.3Na/c1-4(2,3)8-9(5,6)7;;;/h1-3H3;;;/q-3;3*+1. The monoisotopic (exact) mass is 218 g/mol. The maximum absolute atomic E-state index is 9.92. The molecule has 0 spiro atoms. The molecule has 0 rings (SSSR count). The molecule has 0 unspecified atom stereocenters. The van der Waals surface area contributed by atoms with Crippen molar-refractivity contribution < 1.29 is 107 Å². The fraction of sp³-hybridized carbons (Fsp3) is 1.00. The predicted molar refractivity (Wildman–Crippen MR) is 26.6 cm³/mol. The summed E-state index contributed by atoms with van der Waals surface area (Å²) < 4.78 is 4.10. The van der Waals surface area contributed by atoms with E-state index in [9.17, 15) is 14.4 Å². The Hall–Kier alpha value is 3.06. The van der Waals surface area contributed by atoms with Crippen LogP contribution in [0.3, 0.4) is 0 Å². The molecule has 0 bridgehead atoms. The maximum atomic E-state index is 9.92. The summed E-state index contributed by atoms with van der Waals surface area (Å²) in [5, 5.41) is 0. The van der Waals surface area contributed by atoms with Crippen molar-refractivity contribution >= 4 is 9.05 Å². The Kier molecular flexibility index (Phi) is 18.9. The van der Waals surface area contributed by atoms with Crippen LogP contribution < -0.4 is 103 Å². The Morgan fingerprint density at radius 2 is 1.17 bits per heavy atom. The first-order chi connectivity index (χ1) is 3.71.